The van der Waals surface area contributed by atoms with Crippen molar-refractivity contribution < 1.29 is 24.2 Å². The Hall–Kier alpha value is -1.63. The summed E-state index contributed by atoms with van der Waals surface area (Å²) in [6.45, 7) is 0. The molecule has 2 aliphatic heterocycles. The fourth-order valence-electron chi connectivity index (χ4n) is 2.58. The van der Waals surface area contributed by atoms with Crippen molar-refractivity contribution in [3.63, 3.8) is 0 Å². The summed E-state index contributed by atoms with van der Waals surface area (Å²) in [6.07, 6.45) is 3.28. The Balaban J connectivity index is 1.64. The number of hydrogen-bond acceptors (Lipinski definition) is 4. The van der Waals surface area contributed by atoms with Crippen LogP contribution in [0.3, 0.4) is 0 Å². The van der Waals surface area contributed by atoms with Gasteiger partial charge in [-0.15, -0.1) is 0 Å². The molecule has 2 saturated heterocycles. The number of rotatable bonds is 5. The highest BCUT2D eigenvalue weighted by Gasteiger charge is 2.41. The quantitative estimate of drug-likeness (QED) is 0.670. The van der Waals surface area contributed by atoms with Crippen LogP contribution in [0.25, 0.3) is 0 Å². The molecule has 7 heteroatoms. The third kappa shape index (κ3) is 3.92. The molecule has 0 aromatic heterocycles. The Bertz CT molecular complexity index is 384. The van der Waals surface area contributed by atoms with E-state index in [2.05, 4.69) is 10.6 Å². The largest absolute Gasteiger partial charge is 0.481 e. The predicted molar refractivity (Wildman–Crippen MR) is 64.5 cm³/mol. The molecule has 19 heavy (non-hydrogen) atoms. The van der Waals surface area contributed by atoms with E-state index in [0.29, 0.717) is 0 Å². The molecule has 106 valence electrons. The van der Waals surface area contributed by atoms with E-state index in [1.807, 2.05) is 0 Å². The summed E-state index contributed by atoms with van der Waals surface area (Å²) in [7, 11) is 0. The standard InChI is InChI=1S/C12H18N2O5/c15-10(2-1-3-11(16)17)14-12(18)13-8-6-7-4-5-9(8)19-7/h7-9H,1-6H2,(H,16,17)(H2,13,14,15,18). The molecule has 2 fully saturated rings. The lowest BCUT2D eigenvalue weighted by Crippen LogP contribution is -2.48. The first-order valence-electron chi connectivity index (χ1n) is 6.52. The van der Waals surface area contributed by atoms with Crippen LogP contribution in [0.5, 0.6) is 0 Å². The molecular weight excluding hydrogens is 252 g/mol. The predicted octanol–water partition coefficient (Wildman–Crippen LogP) is 0.387. The van der Waals surface area contributed by atoms with Crippen LogP contribution >= 0.6 is 0 Å². The highest BCUT2D eigenvalue weighted by atomic mass is 16.5. The van der Waals surface area contributed by atoms with E-state index in [0.717, 1.165) is 19.3 Å². The van der Waals surface area contributed by atoms with E-state index in [4.69, 9.17) is 9.84 Å². The molecule has 2 bridgehead atoms. The molecule has 0 radical (unpaired) electrons. The van der Waals surface area contributed by atoms with Gasteiger partial charge in [-0.25, -0.2) is 4.79 Å². The molecule has 3 N–H and O–H groups in total. The molecule has 7 nitrogen and oxygen atoms in total. The van der Waals surface area contributed by atoms with Crippen LogP contribution in [0, 0.1) is 0 Å². The van der Waals surface area contributed by atoms with Crippen LogP contribution in [0.1, 0.15) is 38.5 Å². The monoisotopic (exact) mass is 270 g/mol. The fourth-order valence-corrected chi connectivity index (χ4v) is 2.58. The van der Waals surface area contributed by atoms with Crippen molar-refractivity contribution in [3.05, 3.63) is 0 Å². The van der Waals surface area contributed by atoms with E-state index in [9.17, 15) is 14.4 Å². The molecular formula is C12H18N2O5. The van der Waals surface area contributed by atoms with Crippen molar-refractivity contribution in [2.24, 2.45) is 0 Å². The molecule has 0 aromatic rings. The number of fused-ring (bicyclic) bond motifs is 2. The number of imide groups is 1. The zero-order valence-corrected chi connectivity index (χ0v) is 10.6. The fraction of sp³-hybridized carbons (Fsp3) is 0.750. The highest BCUT2D eigenvalue weighted by molar-refractivity contribution is 5.94. The van der Waals surface area contributed by atoms with Gasteiger partial charge in [-0.3, -0.25) is 14.9 Å². The van der Waals surface area contributed by atoms with Crippen LogP contribution < -0.4 is 10.6 Å². The van der Waals surface area contributed by atoms with Gasteiger partial charge in [0, 0.05) is 12.8 Å². The third-order valence-corrected chi connectivity index (χ3v) is 3.47. The lowest BCUT2D eigenvalue weighted by molar-refractivity contribution is -0.137. The second kappa shape index (κ2) is 6.01. The maximum Gasteiger partial charge on any atom is 0.321 e. The van der Waals surface area contributed by atoms with Crippen molar-refractivity contribution in [2.75, 3.05) is 0 Å². The lowest BCUT2D eigenvalue weighted by atomic mass is 9.96. The molecule has 3 unspecified atom stereocenters. The zero-order valence-electron chi connectivity index (χ0n) is 10.6. The van der Waals surface area contributed by atoms with Gasteiger partial charge in [0.2, 0.25) is 5.91 Å². The van der Waals surface area contributed by atoms with E-state index in [-0.39, 0.29) is 37.5 Å². The molecule has 2 rings (SSSR count). The Morgan fingerprint density at radius 2 is 2.00 bits per heavy atom. The molecule has 2 aliphatic rings. The zero-order chi connectivity index (χ0) is 13.8. The van der Waals surface area contributed by atoms with Crippen molar-refractivity contribution in [1.82, 2.24) is 10.6 Å². The molecule has 3 atom stereocenters. The SMILES string of the molecule is O=C(O)CCCC(=O)NC(=O)NC1CC2CCC1O2. The summed E-state index contributed by atoms with van der Waals surface area (Å²) in [5, 5.41) is 13.4. The second-order valence-electron chi connectivity index (χ2n) is 4.99. The van der Waals surface area contributed by atoms with Gasteiger partial charge in [-0.2, -0.15) is 0 Å². The summed E-state index contributed by atoms with van der Waals surface area (Å²) in [5.74, 6) is -1.40. The number of ether oxygens (including phenoxy) is 1. The summed E-state index contributed by atoms with van der Waals surface area (Å²) in [5.41, 5.74) is 0. The normalized spacial score (nSPS) is 28.1. The van der Waals surface area contributed by atoms with Gasteiger partial charge >= 0.3 is 12.0 Å². The maximum absolute atomic E-state index is 11.6. The van der Waals surface area contributed by atoms with Gasteiger partial charge < -0.3 is 15.2 Å². The number of carbonyl (C=O) groups is 3. The molecule has 0 spiro atoms. The van der Waals surface area contributed by atoms with Crippen LogP contribution in [-0.2, 0) is 14.3 Å². The first-order valence-corrected chi connectivity index (χ1v) is 6.52. The summed E-state index contributed by atoms with van der Waals surface area (Å²) < 4.78 is 5.59. The molecule has 0 aliphatic carbocycles. The maximum atomic E-state index is 11.6. The average Bonchev–Trinajstić information content (AvgIpc) is 2.89. The summed E-state index contributed by atoms with van der Waals surface area (Å²) in [6, 6.07) is -0.549. The number of hydrogen-bond donors (Lipinski definition) is 3. The molecule has 3 amide bonds. The van der Waals surface area contributed by atoms with Gasteiger partial charge in [0.05, 0.1) is 18.2 Å². The number of carboxylic acid groups (broad SMARTS) is 1. The first kappa shape index (κ1) is 13.8. The number of amides is 3. The van der Waals surface area contributed by atoms with Gasteiger partial charge in [0.15, 0.2) is 0 Å². The number of urea groups is 1. The molecule has 0 aromatic carbocycles. The van der Waals surface area contributed by atoms with E-state index < -0.39 is 17.9 Å². The minimum absolute atomic E-state index is 0.0226. The number of carboxylic acids is 1. The van der Waals surface area contributed by atoms with Crippen LogP contribution in [0.15, 0.2) is 0 Å². The number of carbonyl (C=O) groups excluding carboxylic acids is 2. The number of nitrogens with one attached hydrogen (secondary N) is 2. The average molecular weight is 270 g/mol. The van der Waals surface area contributed by atoms with Gasteiger partial charge in [0.1, 0.15) is 0 Å². The first-order chi connectivity index (χ1) is 9.04. The summed E-state index contributed by atoms with van der Waals surface area (Å²) in [4.78, 5) is 33.2. The summed E-state index contributed by atoms with van der Waals surface area (Å²) >= 11 is 0. The second-order valence-corrected chi connectivity index (χ2v) is 4.99. The van der Waals surface area contributed by atoms with Crippen LogP contribution in [-0.4, -0.2) is 41.3 Å². The molecule has 0 saturated carbocycles. The Kier molecular flexibility index (Phi) is 4.36. The Labute approximate surface area is 110 Å². The van der Waals surface area contributed by atoms with E-state index in [1.165, 1.54) is 0 Å². The Morgan fingerprint density at radius 3 is 2.58 bits per heavy atom. The van der Waals surface area contributed by atoms with Gasteiger partial charge in [-0.05, 0) is 25.7 Å². The lowest BCUT2D eigenvalue weighted by Gasteiger charge is -2.19. The minimum atomic E-state index is -0.948. The van der Waals surface area contributed by atoms with Crippen molar-refractivity contribution in [2.45, 2.75) is 56.8 Å². The van der Waals surface area contributed by atoms with E-state index in [1.54, 1.807) is 0 Å². The highest BCUT2D eigenvalue weighted by Crippen LogP contribution is 2.34. The van der Waals surface area contributed by atoms with E-state index >= 15 is 0 Å². The van der Waals surface area contributed by atoms with Crippen molar-refractivity contribution in [1.29, 1.82) is 0 Å². The Morgan fingerprint density at radius 1 is 1.21 bits per heavy atom. The smallest absolute Gasteiger partial charge is 0.321 e. The minimum Gasteiger partial charge on any atom is -0.481 e. The molecule has 2 heterocycles. The van der Waals surface area contributed by atoms with Crippen molar-refractivity contribution >= 4 is 17.9 Å². The number of aliphatic carboxylic acids is 1. The van der Waals surface area contributed by atoms with Crippen LogP contribution in [0.2, 0.25) is 0 Å². The van der Waals surface area contributed by atoms with Crippen molar-refractivity contribution in [3.8, 4) is 0 Å². The van der Waals surface area contributed by atoms with Gasteiger partial charge in [0.25, 0.3) is 0 Å². The van der Waals surface area contributed by atoms with Crippen LogP contribution in [0.4, 0.5) is 4.79 Å². The third-order valence-electron chi connectivity index (χ3n) is 3.47. The topological polar surface area (TPSA) is 105 Å². The van der Waals surface area contributed by atoms with Gasteiger partial charge in [-0.1, -0.05) is 0 Å².